The zero-order valence-electron chi connectivity index (χ0n) is 11.5. The summed E-state index contributed by atoms with van der Waals surface area (Å²) in [6, 6.07) is 6.04. The third-order valence-corrected chi connectivity index (χ3v) is 4.66. The molecule has 0 aliphatic rings. The molecule has 1 aromatic heterocycles. The number of rotatable bonds is 5. The smallest absolute Gasteiger partial charge is 0.273 e. The maximum Gasteiger partial charge on any atom is 0.273 e. The molecule has 0 bridgehead atoms. The van der Waals surface area contributed by atoms with Gasteiger partial charge in [-0.1, -0.05) is 18.2 Å². The maximum atomic E-state index is 12.3. The van der Waals surface area contributed by atoms with Crippen molar-refractivity contribution in [1.29, 1.82) is 0 Å². The van der Waals surface area contributed by atoms with E-state index in [0.29, 0.717) is 11.4 Å². The Kier molecular flexibility index (Phi) is 4.05. The number of sulfonamides is 1. The Morgan fingerprint density at radius 3 is 2.62 bits per heavy atom. The third kappa shape index (κ3) is 3.09. The number of hydrogen-bond acceptors (Lipinski definition) is 5. The molecule has 0 atom stereocenters. The Morgan fingerprint density at radius 2 is 2.05 bits per heavy atom. The predicted octanol–water partition coefficient (Wildman–Crippen LogP) is 1.45. The molecule has 21 heavy (non-hydrogen) atoms. The molecule has 0 aliphatic carbocycles. The minimum atomic E-state index is -3.77. The molecule has 1 heterocycles. The van der Waals surface area contributed by atoms with Gasteiger partial charge in [0.05, 0.1) is 11.1 Å². The summed E-state index contributed by atoms with van der Waals surface area (Å²) in [5.41, 5.74) is 0.213. The quantitative estimate of drug-likeness (QED) is 0.664. The van der Waals surface area contributed by atoms with E-state index in [1.807, 2.05) is 0 Å². The summed E-state index contributed by atoms with van der Waals surface area (Å²) in [6.45, 7) is 1.54. The Morgan fingerprint density at radius 1 is 1.38 bits per heavy atom. The van der Waals surface area contributed by atoms with E-state index < -0.39 is 14.9 Å². The number of nitrogens with zero attached hydrogens (tertiary/aromatic N) is 3. The van der Waals surface area contributed by atoms with Crippen molar-refractivity contribution in [2.45, 2.75) is 18.5 Å². The number of nitro benzene ring substituents is 1. The van der Waals surface area contributed by atoms with E-state index in [0.717, 1.165) is 4.31 Å². The van der Waals surface area contributed by atoms with Gasteiger partial charge < -0.3 is 4.98 Å². The van der Waals surface area contributed by atoms with Crippen LogP contribution in [0.25, 0.3) is 0 Å². The van der Waals surface area contributed by atoms with Crippen molar-refractivity contribution in [2.24, 2.45) is 0 Å². The molecule has 0 saturated heterocycles. The number of imidazole rings is 1. The minimum Gasteiger partial charge on any atom is -0.332 e. The van der Waals surface area contributed by atoms with Crippen LogP contribution < -0.4 is 0 Å². The van der Waals surface area contributed by atoms with E-state index in [4.69, 9.17) is 0 Å². The molecule has 0 unspecified atom stereocenters. The second-order valence-electron chi connectivity index (χ2n) is 4.48. The lowest BCUT2D eigenvalue weighted by Gasteiger charge is -2.15. The maximum absolute atomic E-state index is 12.3. The largest absolute Gasteiger partial charge is 0.332 e. The van der Waals surface area contributed by atoms with Gasteiger partial charge in [-0.3, -0.25) is 10.1 Å². The van der Waals surface area contributed by atoms with E-state index in [2.05, 4.69) is 9.97 Å². The Bertz CT molecular complexity index is 769. The monoisotopic (exact) mass is 310 g/mol. The van der Waals surface area contributed by atoms with Gasteiger partial charge in [0, 0.05) is 25.2 Å². The Hall–Kier alpha value is -2.26. The van der Waals surface area contributed by atoms with Gasteiger partial charge in [0.15, 0.2) is 5.03 Å². The van der Waals surface area contributed by atoms with Crippen molar-refractivity contribution in [1.82, 2.24) is 14.3 Å². The van der Waals surface area contributed by atoms with Gasteiger partial charge in [-0.2, -0.15) is 4.31 Å². The van der Waals surface area contributed by atoms with Gasteiger partial charge in [-0.25, -0.2) is 13.4 Å². The minimum absolute atomic E-state index is 0.0407. The molecule has 0 saturated carbocycles. The van der Waals surface area contributed by atoms with E-state index in [-0.39, 0.29) is 17.3 Å². The standard InChI is InChI=1S/C12H14N4O4S/c1-9-13-7-12(14-9)21(19,20)15(2)8-10-5-3-4-6-11(10)16(17)18/h3-7H,8H2,1-2H3,(H,13,14). The number of para-hydroxylation sites is 1. The van der Waals surface area contributed by atoms with E-state index in [1.54, 1.807) is 13.0 Å². The van der Waals surface area contributed by atoms with Crippen molar-refractivity contribution in [3.63, 3.8) is 0 Å². The second-order valence-corrected chi connectivity index (χ2v) is 6.49. The first-order chi connectivity index (χ1) is 9.82. The number of nitro groups is 1. The summed E-state index contributed by atoms with van der Waals surface area (Å²) in [7, 11) is -2.40. The normalized spacial score (nSPS) is 11.8. The van der Waals surface area contributed by atoms with Gasteiger partial charge in [0.25, 0.3) is 15.7 Å². The summed E-state index contributed by atoms with van der Waals surface area (Å²) in [6.07, 6.45) is 1.22. The fourth-order valence-corrected chi connectivity index (χ4v) is 2.95. The van der Waals surface area contributed by atoms with Crippen molar-refractivity contribution in [3.8, 4) is 0 Å². The predicted molar refractivity (Wildman–Crippen MR) is 75.1 cm³/mol. The average molecular weight is 310 g/mol. The van der Waals surface area contributed by atoms with Crippen molar-refractivity contribution < 1.29 is 13.3 Å². The van der Waals surface area contributed by atoms with Crippen molar-refractivity contribution in [2.75, 3.05) is 7.05 Å². The number of aromatic amines is 1. The van der Waals surface area contributed by atoms with Crippen LogP contribution >= 0.6 is 0 Å². The lowest BCUT2D eigenvalue weighted by atomic mass is 10.2. The molecular formula is C12H14N4O4S. The highest BCUT2D eigenvalue weighted by atomic mass is 32.2. The molecule has 1 N–H and O–H groups in total. The molecule has 2 aromatic rings. The molecular weight excluding hydrogens is 296 g/mol. The highest BCUT2D eigenvalue weighted by molar-refractivity contribution is 7.89. The molecule has 0 amide bonds. The van der Waals surface area contributed by atoms with Gasteiger partial charge in [-0.05, 0) is 6.92 Å². The lowest BCUT2D eigenvalue weighted by Crippen LogP contribution is -2.27. The SMILES string of the molecule is Cc1ncc(S(=O)(=O)N(C)Cc2ccccc2[N+](=O)[O-])[nH]1. The first kappa shape index (κ1) is 15.1. The van der Waals surface area contributed by atoms with Crippen molar-refractivity contribution in [3.05, 3.63) is 52.0 Å². The molecule has 0 radical (unpaired) electrons. The van der Waals surface area contributed by atoms with Crippen LogP contribution in [0.15, 0.2) is 35.5 Å². The van der Waals surface area contributed by atoms with Crippen LogP contribution in [-0.2, 0) is 16.6 Å². The summed E-state index contributed by atoms with van der Waals surface area (Å²) < 4.78 is 25.7. The van der Waals surface area contributed by atoms with Crippen LogP contribution in [0.2, 0.25) is 0 Å². The second kappa shape index (κ2) is 5.62. The molecule has 2 rings (SSSR count). The van der Waals surface area contributed by atoms with Crippen LogP contribution in [0.3, 0.4) is 0 Å². The summed E-state index contributed by atoms with van der Waals surface area (Å²) in [4.78, 5) is 16.9. The first-order valence-electron chi connectivity index (χ1n) is 6.02. The zero-order chi connectivity index (χ0) is 15.6. The molecule has 9 heteroatoms. The Labute approximate surface area is 121 Å². The molecule has 0 fully saturated rings. The highest BCUT2D eigenvalue weighted by Crippen LogP contribution is 2.21. The molecule has 1 aromatic carbocycles. The summed E-state index contributed by atoms with van der Waals surface area (Å²) in [5.74, 6) is 0.479. The van der Waals surface area contributed by atoms with E-state index >= 15 is 0 Å². The third-order valence-electron chi connectivity index (χ3n) is 2.95. The number of nitrogens with one attached hydrogen (secondary N) is 1. The van der Waals surface area contributed by atoms with Gasteiger partial charge in [0.2, 0.25) is 0 Å². The van der Waals surface area contributed by atoms with E-state index in [9.17, 15) is 18.5 Å². The number of aromatic nitrogens is 2. The van der Waals surface area contributed by atoms with Gasteiger partial charge in [0.1, 0.15) is 5.82 Å². The lowest BCUT2D eigenvalue weighted by molar-refractivity contribution is -0.385. The molecule has 112 valence electrons. The summed E-state index contributed by atoms with van der Waals surface area (Å²) in [5, 5.41) is 10.9. The molecule has 0 aliphatic heterocycles. The van der Waals surface area contributed by atoms with Crippen LogP contribution in [-0.4, -0.2) is 34.7 Å². The topological polar surface area (TPSA) is 109 Å². The molecule has 8 nitrogen and oxygen atoms in total. The van der Waals surface area contributed by atoms with Crippen LogP contribution in [0.1, 0.15) is 11.4 Å². The number of H-pyrrole nitrogens is 1. The van der Waals surface area contributed by atoms with Crippen LogP contribution in [0.4, 0.5) is 5.69 Å². The fourth-order valence-electron chi connectivity index (χ4n) is 1.84. The number of aryl methyl sites for hydroxylation is 1. The number of hydrogen-bond donors (Lipinski definition) is 1. The summed E-state index contributed by atoms with van der Waals surface area (Å²) >= 11 is 0. The van der Waals surface area contributed by atoms with Crippen LogP contribution in [0, 0.1) is 17.0 Å². The van der Waals surface area contributed by atoms with Crippen LogP contribution in [0.5, 0.6) is 0 Å². The fraction of sp³-hybridized carbons (Fsp3) is 0.250. The zero-order valence-corrected chi connectivity index (χ0v) is 12.3. The van der Waals surface area contributed by atoms with E-state index in [1.165, 1.54) is 31.4 Å². The molecule has 0 spiro atoms. The number of benzene rings is 1. The Balaban J connectivity index is 2.30. The first-order valence-corrected chi connectivity index (χ1v) is 7.46. The van der Waals surface area contributed by atoms with Gasteiger partial charge in [-0.15, -0.1) is 0 Å². The van der Waals surface area contributed by atoms with Crippen molar-refractivity contribution >= 4 is 15.7 Å². The van der Waals surface area contributed by atoms with Gasteiger partial charge >= 0.3 is 0 Å². The average Bonchev–Trinajstić information content (AvgIpc) is 2.86. The highest BCUT2D eigenvalue weighted by Gasteiger charge is 2.25.